The third-order valence-corrected chi connectivity index (χ3v) is 4.30. The molecule has 0 atom stereocenters. The van der Waals surface area contributed by atoms with Gasteiger partial charge in [-0.15, -0.1) is 11.3 Å². The normalized spacial score (nSPS) is 11.7. The highest BCUT2D eigenvalue weighted by Crippen LogP contribution is 2.17. The molecule has 110 valence electrons. The van der Waals surface area contributed by atoms with Gasteiger partial charge in [0, 0.05) is 23.8 Å². The van der Waals surface area contributed by atoms with Crippen LogP contribution in [0.2, 0.25) is 0 Å². The summed E-state index contributed by atoms with van der Waals surface area (Å²) in [5.41, 5.74) is 0. The molecule has 8 heteroatoms. The van der Waals surface area contributed by atoms with Crippen molar-refractivity contribution in [2.75, 3.05) is 18.6 Å². The average Bonchev–Trinajstić information content (AvgIpc) is 2.79. The highest BCUT2D eigenvalue weighted by atomic mass is 32.2. The first-order valence-corrected chi connectivity index (χ1v) is 8.62. The van der Waals surface area contributed by atoms with Gasteiger partial charge in [-0.2, -0.15) is 0 Å². The first-order chi connectivity index (χ1) is 9.28. The largest absolute Gasteiger partial charge is 0.478 e. The van der Waals surface area contributed by atoms with Crippen LogP contribution in [-0.4, -0.2) is 44.0 Å². The van der Waals surface area contributed by atoms with E-state index in [9.17, 15) is 18.0 Å². The Hall–Kier alpha value is -1.67. The summed E-state index contributed by atoms with van der Waals surface area (Å²) in [6.45, 7) is 0.282. The van der Waals surface area contributed by atoms with Crippen LogP contribution >= 0.6 is 11.3 Å². The molecule has 0 spiro atoms. The number of hydrogen-bond donors (Lipinski definition) is 2. The minimum absolute atomic E-state index is 0.0321. The number of aliphatic carboxylic acids is 1. The second-order valence-electron chi connectivity index (χ2n) is 4.11. The SMILES string of the molecule is CS(=O)(=O)CCCNC(=O)c1ccc(C=CC(=O)O)s1. The number of carboxylic acid groups (broad SMARTS) is 1. The lowest BCUT2D eigenvalue weighted by atomic mass is 10.3. The molecule has 0 aliphatic heterocycles. The van der Waals surface area contributed by atoms with Crippen LogP contribution in [0.15, 0.2) is 18.2 Å². The van der Waals surface area contributed by atoms with Gasteiger partial charge in [0.15, 0.2) is 0 Å². The zero-order valence-corrected chi connectivity index (χ0v) is 12.5. The summed E-state index contributed by atoms with van der Waals surface area (Å²) in [4.78, 5) is 23.2. The minimum atomic E-state index is -3.01. The number of thiophene rings is 1. The van der Waals surface area contributed by atoms with Crippen LogP contribution < -0.4 is 5.32 Å². The fraction of sp³-hybridized carbons (Fsp3) is 0.333. The van der Waals surface area contributed by atoms with Crippen molar-refractivity contribution in [2.45, 2.75) is 6.42 Å². The standard InChI is InChI=1S/C12H15NO5S2/c1-20(17,18)8-2-7-13-12(16)10-5-3-9(19-10)4-6-11(14)15/h3-6H,2,7-8H2,1H3,(H,13,16)(H,14,15). The van der Waals surface area contributed by atoms with Gasteiger partial charge in [-0.25, -0.2) is 13.2 Å². The van der Waals surface area contributed by atoms with Crippen LogP contribution in [0.1, 0.15) is 21.0 Å². The van der Waals surface area contributed by atoms with Gasteiger partial charge in [0.2, 0.25) is 0 Å². The van der Waals surface area contributed by atoms with Crippen molar-refractivity contribution in [2.24, 2.45) is 0 Å². The Morgan fingerprint density at radius 1 is 1.40 bits per heavy atom. The highest BCUT2D eigenvalue weighted by Gasteiger charge is 2.08. The third-order valence-electron chi connectivity index (χ3n) is 2.22. The molecule has 0 bridgehead atoms. The number of nitrogens with one attached hydrogen (secondary N) is 1. The predicted molar refractivity (Wildman–Crippen MR) is 77.6 cm³/mol. The van der Waals surface area contributed by atoms with Crippen molar-refractivity contribution in [3.8, 4) is 0 Å². The zero-order valence-electron chi connectivity index (χ0n) is 10.8. The molecule has 0 saturated heterocycles. The number of carboxylic acids is 1. The smallest absolute Gasteiger partial charge is 0.328 e. The summed E-state index contributed by atoms with van der Waals surface area (Å²) in [5.74, 6) is -1.31. The van der Waals surface area contributed by atoms with Crippen molar-refractivity contribution in [1.82, 2.24) is 5.32 Å². The Bertz CT molecular complexity index is 616. The van der Waals surface area contributed by atoms with Crippen LogP contribution in [0.3, 0.4) is 0 Å². The summed E-state index contributed by atoms with van der Waals surface area (Å²) in [7, 11) is -3.01. The van der Waals surface area contributed by atoms with E-state index < -0.39 is 15.8 Å². The summed E-state index contributed by atoms with van der Waals surface area (Å²) in [5, 5.41) is 11.1. The molecule has 0 aliphatic carbocycles. The summed E-state index contributed by atoms with van der Waals surface area (Å²) in [6.07, 6.45) is 3.92. The lowest BCUT2D eigenvalue weighted by Gasteiger charge is -2.02. The molecule has 0 unspecified atom stereocenters. The van der Waals surface area contributed by atoms with Crippen molar-refractivity contribution < 1.29 is 23.1 Å². The van der Waals surface area contributed by atoms with Crippen LogP contribution in [0, 0.1) is 0 Å². The van der Waals surface area contributed by atoms with Gasteiger partial charge in [0.25, 0.3) is 5.91 Å². The van der Waals surface area contributed by atoms with E-state index in [4.69, 9.17) is 5.11 Å². The van der Waals surface area contributed by atoms with Crippen molar-refractivity contribution in [3.63, 3.8) is 0 Å². The molecule has 1 aromatic heterocycles. The fourth-order valence-electron chi connectivity index (χ4n) is 1.34. The molecule has 0 aliphatic rings. The van der Waals surface area contributed by atoms with Gasteiger partial charge >= 0.3 is 5.97 Å². The number of carbonyl (C=O) groups is 2. The molecule has 1 rings (SSSR count). The summed E-state index contributed by atoms with van der Waals surface area (Å²) >= 11 is 1.17. The lowest BCUT2D eigenvalue weighted by Crippen LogP contribution is -2.25. The second-order valence-corrected chi connectivity index (χ2v) is 7.49. The van der Waals surface area contributed by atoms with E-state index >= 15 is 0 Å². The van der Waals surface area contributed by atoms with Crippen LogP contribution in [0.5, 0.6) is 0 Å². The zero-order chi connectivity index (χ0) is 15.2. The van der Waals surface area contributed by atoms with Gasteiger partial charge in [-0.3, -0.25) is 4.79 Å². The van der Waals surface area contributed by atoms with Crippen molar-refractivity contribution in [1.29, 1.82) is 0 Å². The summed E-state index contributed by atoms with van der Waals surface area (Å²) < 4.78 is 21.8. The molecule has 0 aromatic carbocycles. The molecule has 1 heterocycles. The number of amides is 1. The Morgan fingerprint density at radius 2 is 2.10 bits per heavy atom. The Balaban J connectivity index is 2.46. The number of rotatable bonds is 7. The van der Waals surface area contributed by atoms with Gasteiger partial charge in [-0.1, -0.05) is 0 Å². The van der Waals surface area contributed by atoms with Gasteiger partial charge in [0.1, 0.15) is 9.84 Å². The van der Waals surface area contributed by atoms with E-state index in [-0.39, 0.29) is 18.2 Å². The molecule has 1 aromatic rings. The van der Waals surface area contributed by atoms with E-state index in [1.165, 1.54) is 17.4 Å². The number of carbonyl (C=O) groups excluding carboxylic acids is 1. The first-order valence-electron chi connectivity index (χ1n) is 5.75. The molecule has 0 saturated carbocycles. The average molecular weight is 317 g/mol. The Labute approximate surface area is 121 Å². The monoisotopic (exact) mass is 317 g/mol. The maximum atomic E-state index is 11.7. The van der Waals surface area contributed by atoms with Crippen LogP contribution in [0.25, 0.3) is 6.08 Å². The molecule has 6 nitrogen and oxygen atoms in total. The third kappa shape index (κ3) is 6.48. The maximum absolute atomic E-state index is 11.7. The fourth-order valence-corrected chi connectivity index (χ4v) is 2.84. The lowest BCUT2D eigenvalue weighted by molar-refractivity contribution is -0.131. The second kappa shape index (κ2) is 7.20. The first kappa shape index (κ1) is 16.4. The maximum Gasteiger partial charge on any atom is 0.328 e. The Kier molecular flexibility index (Phi) is 5.90. The number of hydrogen-bond acceptors (Lipinski definition) is 5. The Morgan fingerprint density at radius 3 is 2.70 bits per heavy atom. The van der Waals surface area contributed by atoms with E-state index in [2.05, 4.69) is 5.32 Å². The van der Waals surface area contributed by atoms with Gasteiger partial charge in [-0.05, 0) is 24.6 Å². The van der Waals surface area contributed by atoms with Crippen LogP contribution in [0.4, 0.5) is 0 Å². The molecular formula is C12H15NO5S2. The van der Waals surface area contributed by atoms with Crippen LogP contribution in [-0.2, 0) is 14.6 Å². The predicted octanol–water partition coefficient (Wildman–Crippen LogP) is 1.01. The molecule has 0 radical (unpaired) electrons. The van der Waals surface area contributed by atoms with E-state index in [0.717, 1.165) is 12.3 Å². The molecule has 20 heavy (non-hydrogen) atoms. The topological polar surface area (TPSA) is 101 Å². The molecule has 1 amide bonds. The van der Waals surface area contributed by atoms with E-state index in [0.29, 0.717) is 16.2 Å². The van der Waals surface area contributed by atoms with E-state index in [1.54, 1.807) is 12.1 Å². The summed E-state index contributed by atoms with van der Waals surface area (Å²) in [6, 6.07) is 3.24. The van der Waals surface area contributed by atoms with Crippen molar-refractivity contribution in [3.05, 3.63) is 28.0 Å². The molecular weight excluding hydrogens is 302 g/mol. The van der Waals surface area contributed by atoms with Gasteiger partial charge < -0.3 is 10.4 Å². The highest BCUT2D eigenvalue weighted by molar-refractivity contribution is 7.90. The van der Waals surface area contributed by atoms with E-state index in [1.807, 2.05) is 0 Å². The minimum Gasteiger partial charge on any atom is -0.478 e. The molecule has 0 fully saturated rings. The van der Waals surface area contributed by atoms with Crippen molar-refractivity contribution >= 4 is 39.1 Å². The van der Waals surface area contributed by atoms with Gasteiger partial charge in [0.05, 0.1) is 10.6 Å². The number of sulfone groups is 1. The quantitative estimate of drug-likeness (QED) is 0.577. The molecule has 2 N–H and O–H groups in total.